The summed E-state index contributed by atoms with van der Waals surface area (Å²) >= 11 is 6.34. The van der Waals surface area contributed by atoms with Crippen LogP contribution in [0, 0.1) is 0 Å². The van der Waals surface area contributed by atoms with Gasteiger partial charge in [0.05, 0.1) is 18.6 Å². The number of hydrogen-bond acceptors (Lipinski definition) is 5. The van der Waals surface area contributed by atoms with Gasteiger partial charge in [0.25, 0.3) is 0 Å². The van der Waals surface area contributed by atoms with Gasteiger partial charge < -0.3 is 15.0 Å². The van der Waals surface area contributed by atoms with E-state index in [2.05, 4.69) is 5.32 Å². The van der Waals surface area contributed by atoms with Crippen LogP contribution in [0.5, 0.6) is 5.75 Å². The minimum Gasteiger partial charge on any atom is -0.494 e. The first kappa shape index (κ1) is 30.4. The molecule has 2 amide bonds. The summed E-state index contributed by atoms with van der Waals surface area (Å²) in [6.07, 6.45) is 2.24. The Kier molecular flexibility index (Phi) is 11.7. The summed E-state index contributed by atoms with van der Waals surface area (Å²) < 4.78 is 31.7. The number of benzene rings is 2. The van der Waals surface area contributed by atoms with Crippen LogP contribution in [-0.2, 0) is 26.2 Å². The largest absolute Gasteiger partial charge is 0.494 e. The zero-order valence-electron chi connectivity index (χ0n) is 22.2. The molecule has 2 aromatic carbocycles. The number of anilines is 1. The van der Waals surface area contributed by atoms with E-state index in [1.165, 1.54) is 9.21 Å². The molecule has 0 saturated heterocycles. The Balaban J connectivity index is 2.17. The number of ether oxygens (including phenoxy) is 1. The summed E-state index contributed by atoms with van der Waals surface area (Å²) in [7, 11) is -3.58. The van der Waals surface area contributed by atoms with E-state index in [-0.39, 0.29) is 43.8 Å². The lowest BCUT2D eigenvalue weighted by molar-refractivity contribution is -0.140. The Morgan fingerprint density at radius 3 is 2.27 bits per heavy atom. The van der Waals surface area contributed by atoms with Crippen molar-refractivity contribution in [3.63, 3.8) is 0 Å². The van der Waals surface area contributed by atoms with Gasteiger partial charge in [-0.25, -0.2) is 8.42 Å². The lowest BCUT2D eigenvalue weighted by Crippen LogP contribution is -2.49. The highest BCUT2D eigenvalue weighted by Crippen LogP contribution is 2.23. The number of nitrogens with one attached hydrogen (secondary N) is 1. The van der Waals surface area contributed by atoms with E-state index in [4.69, 9.17) is 16.3 Å². The third-order valence-corrected chi connectivity index (χ3v) is 7.62. The van der Waals surface area contributed by atoms with Gasteiger partial charge in [-0.1, -0.05) is 36.7 Å². The van der Waals surface area contributed by atoms with Gasteiger partial charge in [-0.2, -0.15) is 0 Å². The molecular weight excluding hydrogens is 514 g/mol. The number of carbonyl (C=O) groups excluding carboxylic acids is 2. The van der Waals surface area contributed by atoms with E-state index < -0.39 is 16.1 Å². The van der Waals surface area contributed by atoms with Crippen LogP contribution in [0.25, 0.3) is 0 Å². The molecule has 0 saturated carbocycles. The van der Waals surface area contributed by atoms with E-state index in [1.54, 1.807) is 43.3 Å². The smallest absolute Gasteiger partial charge is 0.242 e. The summed E-state index contributed by atoms with van der Waals surface area (Å²) in [5.74, 6) is 0.142. The van der Waals surface area contributed by atoms with Crippen molar-refractivity contribution in [1.29, 1.82) is 0 Å². The quantitative estimate of drug-likeness (QED) is 0.370. The maximum atomic E-state index is 13.4. The topological polar surface area (TPSA) is 96.0 Å². The fourth-order valence-electron chi connectivity index (χ4n) is 3.74. The van der Waals surface area contributed by atoms with Crippen molar-refractivity contribution in [3.8, 4) is 5.75 Å². The molecule has 0 aliphatic rings. The van der Waals surface area contributed by atoms with Gasteiger partial charge in [-0.3, -0.25) is 13.9 Å². The molecule has 0 unspecified atom stereocenters. The normalized spacial score (nSPS) is 12.9. The van der Waals surface area contributed by atoms with Crippen LogP contribution >= 0.6 is 11.6 Å². The van der Waals surface area contributed by atoms with Gasteiger partial charge >= 0.3 is 0 Å². The zero-order chi connectivity index (χ0) is 27.6. The number of hydrogen-bond donors (Lipinski definition) is 1. The molecule has 10 heteroatoms. The third-order valence-electron chi connectivity index (χ3n) is 6.05. The van der Waals surface area contributed by atoms with Crippen LogP contribution < -0.4 is 14.4 Å². The van der Waals surface area contributed by atoms with Crippen LogP contribution in [0.15, 0.2) is 48.5 Å². The number of halogens is 1. The van der Waals surface area contributed by atoms with E-state index in [1.807, 2.05) is 32.9 Å². The fourth-order valence-corrected chi connectivity index (χ4v) is 4.90. The summed E-state index contributed by atoms with van der Waals surface area (Å²) in [6, 6.07) is 13.2. The second-order valence-corrected chi connectivity index (χ2v) is 11.3. The maximum absolute atomic E-state index is 13.4. The van der Waals surface area contributed by atoms with E-state index in [9.17, 15) is 18.0 Å². The first-order valence-corrected chi connectivity index (χ1v) is 14.7. The zero-order valence-corrected chi connectivity index (χ0v) is 23.8. The maximum Gasteiger partial charge on any atom is 0.242 e. The second-order valence-electron chi connectivity index (χ2n) is 8.97. The molecule has 8 nitrogen and oxygen atoms in total. The average Bonchev–Trinajstić information content (AvgIpc) is 2.85. The highest BCUT2D eigenvalue weighted by Gasteiger charge is 2.27. The molecule has 2 atom stereocenters. The van der Waals surface area contributed by atoms with Crippen molar-refractivity contribution >= 4 is 39.1 Å². The monoisotopic (exact) mass is 551 g/mol. The molecule has 0 aliphatic carbocycles. The number of nitrogens with zero attached hydrogens (tertiary/aromatic N) is 2. The van der Waals surface area contributed by atoms with E-state index >= 15 is 0 Å². The average molecular weight is 552 g/mol. The Morgan fingerprint density at radius 2 is 1.70 bits per heavy atom. The van der Waals surface area contributed by atoms with E-state index in [0.717, 1.165) is 18.2 Å². The molecule has 0 aromatic heterocycles. The van der Waals surface area contributed by atoms with Gasteiger partial charge in [0, 0.05) is 30.6 Å². The molecule has 2 rings (SSSR count). The summed E-state index contributed by atoms with van der Waals surface area (Å²) in [5.41, 5.74) is 1.22. The molecule has 0 heterocycles. The molecule has 0 bridgehead atoms. The third kappa shape index (κ3) is 9.23. The number of sulfonamides is 1. The minimum absolute atomic E-state index is 0.0235. The highest BCUT2D eigenvalue weighted by molar-refractivity contribution is 7.92. The van der Waals surface area contributed by atoms with Crippen molar-refractivity contribution < 1.29 is 22.7 Å². The van der Waals surface area contributed by atoms with Gasteiger partial charge in [0.2, 0.25) is 21.8 Å². The van der Waals surface area contributed by atoms with Crippen molar-refractivity contribution in [3.05, 3.63) is 59.1 Å². The standard InChI is InChI=1S/C27H38ClN3O5S/c1-6-20(3)29-27(33)21(4)30(19-22-11-8-9-12-25(22)28)26(32)13-10-18-31(37(5,34)35)23-14-16-24(17-15-23)36-7-2/h8-9,11-12,14-17,20-21H,6-7,10,13,18-19H2,1-5H3,(H,29,33)/t20-,21+/m0/s1. The first-order chi connectivity index (χ1) is 17.5. The van der Waals surface area contributed by atoms with Gasteiger partial charge in [-0.15, -0.1) is 0 Å². The Morgan fingerprint density at radius 1 is 1.05 bits per heavy atom. The van der Waals surface area contributed by atoms with Gasteiger partial charge in [0.1, 0.15) is 11.8 Å². The Bertz CT molecular complexity index is 1140. The molecule has 0 radical (unpaired) electrons. The van der Waals surface area contributed by atoms with Crippen molar-refractivity contribution in [1.82, 2.24) is 10.2 Å². The Labute approximate surface area is 226 Å². The number of amides is 2. The van der Waals surface area contributed by atoms with Gasteiger partial charge in [-0.05, 0) is 69.5 Å². The molecule has 0 aliphatic heterocycles. The van der Waals surface area contributed by atoms with Crippen LogP contribution in [0.2, 0.25) is 5.02 Å². The fraction of sp³-hybridized carbons (Fsp3) is 0.481. The summed E-state index contributed by atoms with van der Waals surface area (Å²) in [5, 5.41) is 3.44. The van der Waals surface area contributed by atoms with Crippen molar-refractivity contribution in [2.45, 2.75) is 65.6 Å². The van der Waals surface area contributed by atoms with E-state index in [0.29, 0.717) is 23.1 Å². The second kappa shape index (κ2) is 14.2. The number of carbonyl (C=O) groups is 2. The molecular formula is C27H38ClN3O5S. The Hall–Kier alpha value is -2.78. The highest BCUT2D eigenvalue weighted by atomic mass is 35.5. The van der Waals surface area contributed by atoms with Crippen molar-refractivity contribution in [2.75, 3.05) is 23.7 Å². The molecule has 1 N–H and O–H groups in total. The van der Waals surface area contributed by atoms with Crippen LogP contribution in [0.4, 0.5) is 5.69 Å². The van der Waals surface area contributed by atoms with Crippen LogP contribution in [0.1, 0.15) is 52.5 Å². The lowest BCUT2D eigenvalue weighted by atomic mass is 10.1. The molecule has 2 aromatic rings. The van der Waals surface area contributed by atoms with Crippen LogP contribution in [-0.4, -0.2) is 56.6 Å². The number of rotatable bonds is 14. The SMILES string of the molecule is CCOc1ccc(N(CCCC(=O)N(Cc2ccccc2Cl)[C@H](C)C(=O)N[C@@H](C)CC)S(C)(=O)=O)cc1. The predicted molar refractivity (Wildman–Crippen MR) is 148 cm³/mol. The molecule has 37 heavy (non-hydrogen) atoms. The first-order valence-electron chi connectivity index (χ1n) is 12.5. The lowest BCUT2D eigenvalue weighted by Gasteiger charge is -2.30. The molecule has 0 spiro atoms. The predicted octanol–water partition coefficient (Wildman–Crippen LogP) is 4.62. The van der Waals surface area contributed by atoms with Crippen molar-refractivity contribution in [2.24, 2.45) is 0 Å². The van der Waals surface area contributed by atoms with Crippen LogP contribution in [0.3, 0.4) is 0 Å². The molecule has 204 valence electrons. The molecule has 0 fully saturated rings. The minimum atomic E-state index is -3.58. The summed E-state index contributed by atoms with van der Waals surface area (Å²) in [6.45, 7) is 8.24. The van der Waals surface area contributed by atoms with Gasteiger partial charge in [0.15, 0.2) is 0 Å². The summed E-state index contributed by atoms with van der Waals surface area (Å²) in [4.78, 5) is 27.7.